The number of nitrogens with one attached hydrogen (secondary N) is 1. The number of halogens is 1. The van der Waals surface area contributed by atoms with Gasteiger partial charge in [-0.2, -0.15) is 5.10 Å². The highest BCUT2D eigenvalue weighted by atomic mass is 35.5. The fourth-order valence-corrected chi connectivity index (χ4v) is 1.80. The highest BCUT2D eigenvalue weighted by molar-refractivity contribution is 6.31. The van der Waals surface area contributed by atoms with Crippen molar-refractivity contribution in [1.82, 2.24) is 14.8 Å². The number of rotatable bonds is 4. The van der Waals surface area contributed by atoms with E-state index >= 15 is 0 Å². The maximum atomic E-state index is 6.02. The predicted octanol–water partition coefficient (Wildman–Crippen LogP) is 3.43. The second-order valence-electron chi connectivity index (χ2n) is 4.63. The van der Waals surface area contributed by atoms with Crippen LogP contribution in [0.15, 0.2) is 24.7 Å². The summed E-state index contributed by atoms with van der Waals surface area (Å²) in [4.78, 5) is 4.11. The minimum Gasteiger partial charge on any atom is -0.378 e. The van der Waals surface area contributed by atoms with Gasteiger partial charge < -0.3 is 5.32 Å². The van der Waals surface area contributed by atoms with Crippen molar-refractivity contribution in [1.29, 1.82) is 0 Å². The van der Waals surface area contributed by atoms with Crippen LogP contribution in [0.25, 0.3) is 0 Å². The molecule has 0 aliphatic rings. The summed E-state index contributed by atoms with van der Waals surface area (Å²) in [5.74, 6) is 0. The molecule has 0 bridgehead atoms. The summed E-state index contributed by atoms with van der Waals surface area (Å²) in [5.41, 5.74) is 3.06. The lowest BCUT2D eigenvalue weighted by atomic mass is 10.3. The molecule has 0 atom stereocenters. The molecule has 1 N–H and O–H groups in total. The van der Waals surface area contributed by atoms with Crippen LogP contribution < -0.4 is 5.32 Å². The molecule has 0 aliphatic carbocycles. The van der Waals surface area contributed by atoms with Crippen LogP contribution in [0, 0.1) is 6.92 Å². The van der Waals surface area contributed by atoms with Gasteiger partial charge >= 0.3 is 0 Å². The van der Waals surface area contributed by atoms with E-state index in [1.165, 1.54) is 0 Å². The summed E-state index contributed by atoms with van der Waals surface area (Å²) >= 11 is 6.02. The zero-order valence-corrected chi connectivity index (χ0v) is 11.6. The molecule has 0 fully saturated rings. The molecule has 0 saturated carbocycles. The first-order valence-corrected chi connectivity index (χ1v) is 6.33. The second-order valence-corrected chi connectivity index (χ2v) is 4.98. The van der Waals surface area contributed by atoms with Gasteiger partial charge in [-0.3, -0.25) is 4.68 Å². The molecule has 2 heterocycles. The first-order valence-electron chi connectivity index (χ1n) is 5.95. The average molecular weight is 265 g/mol. The number of aryl methyl sites for hydroxylation is 1. The number of pyridine rings is 1. The van der Waals surface area contributed by atoms with Crippen LogP contribution in [-0.2, 0) is 6.54 Å². The highest BCUT2D eigenvalue weighted by Crippen LogP contribution is 2.20. The molecule has 2 rings (SSSR count). The van der Waals surface area contributed by atoms with Gasteiger partial charge in [0, 0.05) is 30.5 Å². The molecule has 0 spiro atoms. The van der Waals surface area contributed by atoms with Gasteiger partial charge in [0.05, 0.1) is 11.9 Å². The van der Waals surface area contributed by atoms with E-state index in [0.29, 0.717) is 17.7 Å². The maximum Gasteiger partial charge on any atom is 0.152 e. The third-order valence-corrected chi connectivity index (χ3v) is 2.94. The van der Waals surface area contributed by atoms with Crippen LogP contribution in [0.3, 0.4) is 0 Å². The Balaban J connectivity index is 2.04. The molecule has 96 valence electrons. The number of hydrogen-bond donors (Lipinski definition) is 1. The van der Waals surface area contributed by atoms with Crippen LogP contribution >= 0.6 is 11.6 Å². The van der Waals surface area contributed by atoms with Gasteiger partial charge in [0.25, 0.3) is 0 Å². The van der Waals surface area contributed by atoms with Crippen LogP contribution in [0.2, 0.25) is 5.15 Å². The molecule has 5 heteroatoms. The van der Waals surface area contributed by atoms with Gasteiger partial charge in [-0.15, -0.1) is 0 Å². The Hall–Kier alpha value is -1.55. The summed E-state index contributed by atoms with van der Waals surface area (Å²) in [6, 6.07) is 2.37. The van der Waals surface area contributed by atoms with Crippen molar-refractivity contribution in [2.45, 2.75) is 33.4 Å². The van der Waals surface area contributed by atoms with Crippen molar-refractivity contribution in [3.8, 4) is 0 Å². The zero-order valence-electron chi connectivity index (χ0n) is 10.8. The van der Waals surface area contributed by atoms with E-state index in [1.54, 1.807) is 6.20 Å². The summed E-state index contributed by atoms with van der Waals surface area (Å²) < 4.78 is 1.94. The molecular weight excluding hydrogens is 248 g/mol. The monoisotopic (exact) mass is 264 g/mol. The normalized spacial score (nSPS) is 10.9. The van der Waals surface area contributed by atoms with E-state index in [4.69, 9.17) is 11.6 Å². The highest BCUT2D eigenvalue weighted by Gasteiger charge is 2.04. The Bertz CT molecular complexity index is 534. The molecule has 0 aromatic carbocycles. The van der Waals surface area contributed by atoms with E-state index in [2.05, 4.69) is 29.2 Å². The number of anilines is 1. The van der Waals surface area contributed by atoms with Crippen molar-refractivity contribution in [3.05, 3.63) is 40.9 Å². The Morgan fingerprint density at radius 1 is 1.39 bits per heavy atom. The third-order valence-electron chi connectivity index (χ3n) is 2.64. The number of nitrogens with zero attached hydrogens (tertiary/aromatic N) is 3. The third kappa shape index (κ3) is 3.01. The van der Waals surface area contributed by atoms with Crippen LogP contribution in [0.4, 0.5) is 5.69 Å². The predicted molar refractivity (Wildman–Crippen MR) is 73.9 cm³/mol. The van der Waals surface area contributed by atoms with Gasteiger partial charge in [0.2, 0.25) is 0 Å². The molecule has 0 aliphatic heterocycles. The van der Waals surface area contributed by atoms with Crippen LogP contribution in [-0.4, -0.2) is 14.8 Å². The SMILES string of the molecule is Cc1cnc(Cl)c(NCc2cnn(C(C)C)c2)c1. The topological polar surface area (TPSA) is 42.7 Å². The van der Waals surface area contributed by atoms with Gasteiger partial charge in [-0.1, -0.05) is 11.6 Å². The van der Waals surface area contributed by atoms with Crippen molar-refractivity contribution < 1.29 is 0 Å². The summed E-state index contributed by atoms with van der Waals surface area (Å²) in [6.07, 6.45) is 5.66. The first kappa shape index (κ1) is 12.9. The van der Waals surface area contributed by atoms with Crippen molar-refractivity contribution in [3.63, 3.8) is 0 Å². The minimum atomic E-state index is 0.378. The molecule has 0 radical (unpaired) electrons. The van der Waals surface area contributed by atoms with E-state index in [-0.39, 0.29) is 0 Å². The smallest absolute Gasteiger partial charge is 0.152 e. The van der Waals surface area contributed by atoms with Gasteiger partial charge in [-0.25, -0.2) is 4.98 Å². The number of hydrogen-bond acceptors (Lipinski definition) is 3. The molecular formula is C13H17ClN4. The Morgan fingerprint density at radius 3 is 2.83 bits per heavy atom. The van der Waals surface area contributed by atoms with Gasteiger partial charge in [0.1, 0.15) is 0 Å². The van der Waals surface area contributed by atoms with E-state index in [1.807, 2.05) is 30.1 Å². The lowest BCUT2D eigenvalue weighted by Crippen LogP contribution is -2.02. The molecule has 2 aromatic heterocycles. The second kappa shape index (κ2) is 5.40. The fourth-order valence-electron chi connectivity index (χ4n) is 1.62. The number of aromatic nitrogens is 3. The summed E-state index contributed by atoms with van der Waals surface area (Å²) in [5, 5.41) is 8.07. The zero-order chi connectivity index (χ0) is 13.1. The average Bonchev–Trinajstić information content (AvgIpc) is 2.79. The molecule has 18 heavy (non-hydrogen) atoms. The van der Waals surface area contributed by atoms with Crippen molar-refractivity contribution in [2.75, 3.05) is 5.32 Å². The fraction of sp³-hybridized carbons (Fsp3) is 0.385. The van der Waals surface area contributed by atoms with Crippen molar-refractivity contribution >= 4 is 17.3 Å². The molecule has 4 nitrogen and oxygen atoms in total. The van der Waals surface area contributed by atoms with E-state index in [0.717, 1.165) is 16.8 Å². The molecule has 0 saturated heterocycles. The lowest BCUT2D eigenvalue weighted by Gasteiger charge is -2.07. The Labute approximate surface area is 112 Å². The van der Waals surface area contributed by atoms with Crippen LogP contribution in [0.5, 0.6) is 0 Å². The Morgan fingerprint density at radius 2 is 2.17 bits per heavy atom. The van der Waals surface area contributed by atoms with Gasteiger partial charge in [0.15, 0.2) is 5.15 Å². The lowest BCUT2D eigenvalue weighted by molar-refractivity contribution is 0.532. The molecule has 0 amide bonds. The van der Waals surface area contributed by atoms with Crippen LogP contribution in [0.1, 0.15) is 31.0 Å². The molecule has 2 aromatic rings. The Kier molecular flexibility index (Phi) is 3.87. The van der Waals surface area contributed by atoms with Gasteiger partial charge in [-0.05, 0) is 32.4 Å². The summed E-state index contributed by atoms with van der Waals surface area (Å²) in [6.45, 7) is 6.89. The molecule has 0 unspecified atom stereocenters. The first-order chi connectivity index (χ1) is 8.56. The minimum absolute atomic E-state index is 0.378. The standard InChI is InChI=1S/C13H17ClN4/c1-9(2)18-8-11(7-17-18)6-15-12-4-10(3)5-16-13(12)14/h4-5,7-9,15H,6H2,1-3H3. The van der Waals surface area contributed by atoms with Crippen molar-refractivity contribution in [2.24, 2.45) is 0 Å². The van der Waals surface area contributed by atoms with E-state index < -0.39 is 0 Å². The summed E-state index contributed by atoms with van der Waals surface area (Å²) in [7, 11) is 0. The maximum absolute atomic E-state index is 6.02. The largest absolute Gasteiger partial charge is 0.378 e. The van der Waals surface area contributed by atoms with E-state index in [9.17, 15) is 0 Å². The quantitative estimate of drug-likeness (QED) is 0.861.